The second kappa shape index (κ2) is 8.88. The topological polar surface area (TPSA) is 15.3 Å². The smallest absolute Gasteiger partial charge is 0.312 e. The van der Waals surface area contributed by atoms with Crippen molar-refractivity contribution in [1.82, 2.24) is 10.2 Å². The fourth-order valence-corrected chi connectivity index (χ4v) is 3.17. The molecular formula is C15H29F3N2. The van der Waals surface area contributed by atoms with Crippen LogP contribution in [0.1, 0.15) is 58.8 Å². The van der Waals surface area contributed by atoms with Gasteiger partial charge in [0.15, 0.2) is 0 Å². The van der Waals surface area contributed by atoms with Gasteiger partial charge in [-0.1, -0.05) is 33.1 Å². The molecule has 5 heteroatoms. The highest BCUT2D eigenvalue weighted by Crippen LogP contribution is 2.26. The lowest BCUT2D eigenvalue weighted by molar-refractivity contribution is -0.152. The molecule has 0 amide bonds. The average molecular weight is 294 g/mol. The van der Waals surface area contributed by atoms with Crippen LogP contribution in [0.2, 0.25) is 0 Å². The maximum Gasteiger partial charge on any atom is 0.401 e. The van der Waals surface area contributed by atoms with Crippen LogP contribution >= 0.6 is 0 Å². The van der Waals surface area contributed by atoms with Gasteiger partial charge < -0.3 is 5.32 Å². The van der Waals surface area contributed by atoms with Gasteiger partial charge in [-0.25, -0.2) is 0 Å². The molecule has 2 nitrogen and oxygen atoms in total. The minimum atomic E-state index is -4.10. The largest absolute Gasteiger partial charge is 0.401 e. The number of hydrogen-bond donors (Lipinski definition) is 1. The van der Waals surface area contributed by atoms with E-state index in [0.29, 0.717) is 6.54 Å². The van der Waals surface area contributed by atoms with Gasteiger partial charge in [0.25, 0.3) is 0 Å². The summed E-state index contributed by atoms with van der Waals surface area (Å²) >= 11 is 0. The van der Waals surface area contributed by atoms with Gasteiger partial charge in [-0.15, -0.1) is 0 Å². The number of halogens is 3. The minimum Gasteiger partial charge on any atom is -0.312 e. The van der Waals surface area contributed by atoms with Crippen LogP contribution in [0.25, 0.3) is 0 Å². The molecule has 0 aromatic rings. The third kappa shape index (κ3) is 6.44. The molecule has 1 saturated carbocycles. The van der Waals surface area contributed by atoms with Crippen LogP contribution in [0.5, 0.6) is 0 Å². The predicted molar refractivity (Wildman–Crippen MR) is 76.9 cm³/mol. The summed E-state index contributed by atoms with van der Waals surface area (Å²) in [4.78, 5) is 1.67. The molecule has 2 unspecified atom stereocenters. The zero-order chi connectivity index (χ0) is 15.0. The van der Waals surface area contributed by atoms with E-state index in [9.17, 15) is 13.2 Å². The number of nitrogens with zero attached hydrogens (tertiary/aromatic N) is 1. The Labute approximate surface area is 121 Å². The van der Waals surface area contributed by atoms with Crippen LogP contribution in [-0.4, -0.2) is 42.8 Å². The lowest BCUT2D eigenvalue weighted by Gasteiger charge is -2.37. The first-order valence-corrected chi connectivity index (χ1v) is 8.02. The van der Waals surface area contributed by atoms with Gasteiger partial charge in [0.1, 0.15) is 0 Å². The lowest BCUT2D eigenvalue weighted by atomic mass is 10.0. The molecule has 1 aliphatic rings. The Kier molecular flexibility index (Phi) is 7.88. The van der Waals surface area contributed by atoms with E-state index < -0.39 is 12.7 Å². The number of rotatable bonds is 7. The van der Waals surface area contributed by atoms with Crippen molar-refractivity contribution in [2.75, 3.05) is 19.6 Å². The van der Waals surface area contributed by atoms with E-state index in [1.54, 1.807) is 4.90 Å². The van der Waals surface area contributed by atoms with E-state index in [4.69, 9.17) is 0 Å². The van der Waals surface area contributed by atoms with Crippen molar-refractivity contribution >= 4 is 0 Å². The molecule has 1 N–H and O–H groups in total. The van der Waals surface area contributed by atoms with Gasteiger partial charge in [0, 0.05) is 12.1 Å². The SMILES string of the molecule is CCCNC1CCCCCC1N(CCC)CC(F)(F)F. The van der Waals surface area contributed by atoms with Crippen LogP contribution in [-0.2, 0) is 0 Å². The van der Waals surface area contributed by atoms with Crippen molar-refractivity contribution < 1.29 is 13.2 Å². The van der Waals surface area contributed by atoms with Crippen LogP contribution in [0.15, 0.2) is 0 Å². The third-order valence-electron chi connectivity index (χ3n) is 4.00. The summed E-state index contributed by atoms with van der Waals surface area (Å²) in [5, 5.41) is 3.48. The Hall–Kier alpha value is -0.290. The first-order valence-electron chi connectivity index (χ1n) is 8.02. The molecule has 20 heavy (non-hydrogen) atoms. The summed E-state index contributed by atoms with van der Waals surface area (Å²) < 4.78 is 38.4. The molecule has 0 radical (unpaired) electrons. The zero-order valence-corrected chi connectivity index (χ0v) is 12.8. The number of hydrogen-bond acceptors (Lipinski definition) is 2. The second-order valence-corrected chi connectivity index (χ2v) is 5.85. The molecule has 0 saturated heterocycles. The third-order valence-corrected chi connectivity index (χ3v) is 4.00. The first-order chi connectivity index (χ1) is 9.48. The van der Waals surface area contributed by atoms with Crippen LogP contribution < -0.4 is 5.32 Å². The zero-order valence-electron chi connectivity index (χ0n) is 12.8. The Bertz CT molecular complexity index is 256. The second-order valence-electron chi connectivity index (χ2n) is 5.85. The monoisotopic (exact) mass is 294 g/mol. The lowest BCUT2D eigenvalue weighted by Crippen LogP contribution is -2.52. The Balaban J connectivity index is 2.74. The fraction of sp³-hybridized carbons (Fsp3) is 1.00. The van der Waals surface area contributed by atoms with E-state index in [1.807, 2.05) is 6.92 Å². The van der Waals surface area contributed by atoms with E-state index in [1.165, 1.54) is 0 Å². The molecule has 0 aliphatic heterocycles. The minimum absolute atomic E-state index is 0.0330. The molecule has 0 aromatic heterocycles. The summed E-state index contributed by atoms with van der Waals surface area (Å²) in [5.74, 6) is 0. The normalized spacial score (nSPS) is 24.9. The van der Waals surface area contributed by atoms with E-state index in [2.05, 4.69) is 12.2 Å². The van der Waals surface area contributed by atoms with E-state index >= 15 is 0 Å². The molecule has 1 rings (SSSR count). The van der Waals surface area contributed by atoms with Crippen molar-refractivity contribution in [2.24, 2.45) is 0 Å². The van der Waals surface area contributed by atoms with Gasteiger partial charge in [-0.2, -0.15) is 13.2 Å². The molecule has 0 aromatic carbocycles. The van der Waals surface area contributed by atoms with Gasteiger partial charge in [0.05, 0.1) is 6.54 Å². The molecular weight excluding hydrogens is 265 g/mol. The van der Waals surface area contributed by atoms with E-state index in [0.717, 1.165) is 51.5 Å². The Morgan fingerprint density at radius 3 is 2.35 bits per heavy atom. The van der Waals surface area contributed by atoms with Gasteiger partial charge in [-0.3, -0.25) is 4.90 Å². The molecule has 1 fully saturated rings. The van der Waals surface area contributed by atoms with Gasteiger partial charge >= 0.3 is 6.18 Å². The van der Waals surface area contributed by atoms with Crippen molar-refractivity contribution in [3.63, 3.8) is 0 Å². The highest BCUT2D eigenvalue weighted by atomic mass is 19.4. The van der Waals surface area contributed by atoms with Crippen LogP contribution in [0.4, 0.5) is 13.2 Å². The summed E-state index contributed by atoms with van der Waals surface area (Å²) in [6.45, 7) is 4.71. The highest BCUT2D eigenvalue weighted by Gasteiger charge is 2.36. The van der Waals surface area contributed by atoms with Crippen molar-refractivity contribution in [3.8, 4) is 0 Å². The van der Waals surface area contributed by atoms with Crippen LogP contribution in [0.3, 0.4) is 0 Å². The quantitative estimate of drug-likeness (QED) is 0.715. The maximum absolute atomic E-state index is 12.8. The standard InChI is InChI=1S/C15H29F3N2/c1-3-10-19-13-8-6-5-7-9-14(13)20(11-4-2)12-15(16,17)18/h13-14,19H,3-12H2,1-2H3. The highest BCUT2D eigenvalue weighted by molar-refractivity contribution is 4.87. The molecule has 120 valence electrons. The Morgan fingerprint density at radius 1 is 1.05 bits per heavy atom. The molecule has 2 atom stereocenters. The molecule has 1 aliphatic carbocycles. The summed E-state index contributed by atoms with van der Waals surface area (Å²) in [6, 6.07) is 0.247. The van der Waals surface area contributed by atoms with E-state index in [-0.39, 0.29) is 12.1 Å². The predicted octanol–water partition coefficient (Wildman–Crippen LogP) is 3.96. The maximum atomic E-state index is 12.8. The average Bonchev–Trinajstić information content (AvgIpc) is 2.59. The van der Waals surface area contributed by atoms with Crippen molar-refractivity contribution in [1.29, 1.82) is 0 Å². The summed E-state index contributed by atoms with van der Waals surface area (Å²) in [6.07, 6.45) is 2.91. The summed E-state index contributed by atoms with van der Waals surface area (Å²) in [5.41, 5.74) is 0. The molecule has 0 bridgehead atoms. The number of alkyl halides is 3. The Morgan fingerprint density at radius 2 is 1.75 bits per heavy atom. The van der Waals surface area contributed by atoms with Gasteiger partial charge in [0.2, 0.25) is 0 Å². The molecule has 0 heterocycles. The first kappa shape index (κ1) is 17.8. The van der Waals surface area contributed by atoms with Gasteiger partial charge in [-0.05, 0) is 38.8 Å². The fourth-order valence-electron chi connectivity index (χ4n) is 3.17. The summed E-state index contributed by atoms with van der Waals surface area (Å²) in [7, 11) is 0. The van der Waals surface area contributed by atoms with Crippen molar-refractivity contribution in [3.05, 3.63) is 0 Å². The van der Waals surface area contributed by atoms with Crippen LogP contribution in [0, 0.1) is 0 Å². The number of nitrogens with one attached hydrogen (secondary N) is 1. The van der Waals surface area contributed by atoms with Crippen molar-refractivity contribution in [2.45, 2.75) is 77.1 Å². The molecule has 0 spiro atoms.